The van der Waals surface area contributed by atoms with E-state index >= 15 is 0 Å². The summed E-state index contributed by atoms with van der Waals surface area (Å²) < 4.78 is 2.23. The van der Waals surface area contributed by atoms with E-state index in [0.29, 0.717) is 0 Å². The highest BCUT2D eigenvalue weighted by Crippen LogP contribution is 2.38. The number of anilines is 1. The summed E-state index contributed by atoms with van der Waals surface area (Å²) >= 11 is 0. The number of hydrogen-bond donors (Lipinski definition) is 1. The molecule has 0 aliphatic rings. The van der Waals surface area contributed by atoms with Gasteiger partial charge in [-0.2, -0.15) is 0 Å². The topological polar surface area (TPSA) is 29.9 Å². The maximum absolute atomic E-state index is 5.22. The molecule has 3 nitrogen and oxygen atoms in total. The second kappa shape index (κ2) is 9.17. The maximum atomic E-state index is 5.22. The molecule has 5 aromatic rings. The Morgan fingerprint density at radius 3 is 1.97 bits per heavy atom. The van der Waals surface area contributed by atoms with E-state index in [-0.39, 0.29) is 0 Å². The molecule has 1 N–H and O–H groups in total. The van der Waals surface area contributed by atoms with Gasteiger partial charge in [0.1, 0.15) is 5.82 Å². The van der Waals surface area contributed by atoms with Gasteiger partial charge in [0.2, 0.25) is 0 Å². The summed E-state index contributed by atoms with van der Waals surface area (Å²) in [5.41, 5.74) is 8.98. The minimum Gasteiger partial charge on any atom is -0.385 e. The number of rotatable bonds is 6. The van der Waals surface area contributed by atoms with Crippen LogP contribution in [0.4, 0.5) is 5.69 Å². The van der Waals surface area contributed by atoms with Gasteiger partial charge in [-0.05, 0) is 30.2 Å². The van der Waals surface area contributed by atoms with Crippen molar-refractivity contribution in [2.45, 2.75) is 6.92 Å². The fourth-order valence-corrected chi connectivity index (χ4v) is 4.39. The third-order valence-corrected chi connectivity index (χ3v) is 5.91. The predicted octanol–water partition coefficient (Wildman–Crippen LogP) is 7.52. The smallest absolute Gasteiger partial charge is 0.141 e. The SMILES string of the molecule is CCNc1cccc(-c2ccccc2-c2nc(-c3ccccc3)c(-c3ccccc3)n2C)c1. The Labute approximate surface area is 195 Å². The number of nitrogens with zero attached hydrogens (tertiary/aromatic N) is 2. The lowest BCUT2D eigenvalue weighted by atomic mass is 9.98. The summed E-state index contributed by atoms with van der Waals surface area (Å²) in [7, 11) is 2.11. The van der Waals surface area contributed by atoms with Crippen molar-refractivity contribution in [3.05, 3.63) is 109 Å². The van der Waals surface area contributed by atoms with Crippen LogP contribution in [0, 0.1) is 0 Å². The molecule has 0 saturated carbocycles. The lowest BCUT2D eigenvalue weighted by molar-refractivity contribution is 0.933. The van der Waals surface area contributed by atoms with Crippen molar-refractivity contribution in [3.8, 4) is 45.0 Å². The van der Waals surface area contributed by atoms with Crippen LogP contribution in [-0.4, -0.2) is 16.1 Å². The molecule has 0 saturated heterocycles. The number of benzene rings is 4. The monoisotopic (exact) mass is 429 g/mol. The molecular formula is C30H27N3. The molecule has 0 bridgehead atoms. The van der Waals surface area contributed by atoms with Crippen molar-refractivity contribution < 1.29 is 0 Å². The zero-order valence-corrected chi connectivity index (χ0v) is 19.0. The van der Waals surface area contributed by atoms with E-state index in [4.69, 9.17) is 4.98 Å². The molecule has 0 fully saturated rings. The van der Waals surface area contributed by atoms with E-state index in [1.807, 2.05) is 6.07 Å². The van der Waals surface area contributed by atoms with Crippen LogP contribution in [0.1, 0.15) is 6.92 Å². The normalized spacial score (nSPS) is 10.8. The van der Waals surface area contributed by atoms with Crippen molar-refractivity contribution in [2.75, 3.05) is 11.9 Å². The molecule has 0 atom stereocenters. The molecule has 162 valence electrons. The van der Waals surface area contributed by atoms with Crippen LogP contribution in [0.15, 0.2) is 109 Å². The largest absolute Gasteiger partial charge is 0.385 e. The molecule has 1 aromatic heterocycles. The van der Waals surface area contributed by atoms with Gasteiger partial charge in [-0.15, -0.1) is 0 Å². The molecular weight excluding hydrogens is 402 g/mol. The Hall–Kier alpha value is -4.11. The van der Waals surface area contributed by atoms with E-state index in [1.54, 1.807) is 0 Å². The number of aromatic nitrogens is 2. The Morgan fingerprint density at radius 2 is 1.27 bits per heavy atom. The van der Waals surface area contributed by atoms with Crippen LogP contribution >= 0.6 is 0 Å². The summed E-state index contributed by atoms with van der Waals surface area (Å²) in [4.78, 5) is 5.22. The van der Waals surface area contributed by atoms with Gasteiger partial charge in [0.05, 0.1) is 11.4 Å². The molecule has 3 heteroatoms. The molecule has 1 heterocycles. The molecule has 33 heavy (non-hydrogen) atoms. The summed E-state index contributed by atoms with van der Waals surface area (Å²) in [6.07, 6.45) is 0. The standard InChI is InChI=1S/C30H27N3/c1-3-31-25-18-12-17-24(21-25)26-19-10-11-20-27(26)30-32-28(22-13-6-4-7-14-22)29(33(30)2)23-15-8-5-9-16-23/h4-21,31H,3H2,1-2H3. The third-order valence-electron chi connectivity index (χ3n) is 5.91. The van der Waals surface area contributed by atoms with Crippen molar-refractivity contribution in [3.63, 3.8) is 0 Å². The van der Waals surface area contributed by atoms with Gasteiger partial charge in [-0.25, -0.2) is 4.98 Å². The molecule has 0 spiro atoms. The minimum atomic E-state index is 0.894. The zero-order valence-electron chi connectivity index (χ0n) is 19.0. The number of nitrogens with one attached hydrogen (secondary N) is 1. The predicted molar refractivity (Wildman–Crippen MR) is 139 cm³/mol. The summed E-state index contributed by atoms with van der Waals surface area (Å²) in [5.74, 6) is 0.956. The van der Waals surface area contributed by atoms with Gasteiger partial charge < -0.3 is 9.88 Å². The van der Waals surface area contributed by atoms with Crippen LogP contribution in [0.25, 0.3) is 45.0 Å². The molecule has 5 rings (SSSR count). The fraction of sp³-hybridized carbons (Fsp3) is 0.100. The lowest BCUT2D eigenvalue weighted by Crippen LogP contribution is -1.98. The van der Waals surface area contributed by atoms with Gasteiger partial charge in [0.25, 0.3) is 0 Å². The van der Waals surface area contributed by atoms with Crippen LogP contribution in [0.3, 0.4) is 0 Å². The molecule has 0 aliphatic carbocycles. The highest BCUT2D eigenvalue weighted by molar-refractivity contribution is 5.87. The van der Waals surface area contributed by atoms with Crippen LogP contribution in [0.5, 0.6) is 0 Å². The van der Waals surface area contributed by atoms with E-state index in [1.165, 1.54) is 11.1 Å². The van der Waals surface area contributed by atoms with Crippen LogP contribution < -0.4 is 5.32 Å². The van der Waals surface area contributed by atoms with Gasteiger partial charge in [0.15, 0.2) is 0 Å². The molecule has 4 aromatic carbocycles. The van der Waals surface area contributed by atoms with Gasteiger partial charge in [0, 0.05) is 36.0 Å². The van der Waals surface area contributed by atoms with Crippen molar-refractivity contribution in [1.82, 2.24) is 9.55 Å². The Balaban J connectivity index is 1.72. The van der Waals surface area contributed by atoms with Gasteiger partial charge in [-0.1, -0.05) is 97.1 Å². The Morgan fingerprint density at radius 1 is 0.667 bits per heavy atom. The Kier molecular flexibility index (Phi) is 5.77. The average molecular weight is 430 g/mol. The summed E-state index contributed by atoms with van der Waals surface area (Å²) in [5, 5.41) is 3.42. The highest BCUT2D eigenvalue weighted by Gasteiger charge is 2.20. The minimum absolute atomic E-state index is 0.894. The first-order valence-corrected chi connectivity index (χ1v) is 11.4. The first-order chi connectivity index (χ1) is 16.3. The summed E-state index contributed by atoms with van der Waals surface area (Å²) in [6, 6.07) is 38.1. The van der Waals surface area contributed by atoms with E-state index < -0.39 is 0 Å². The number of hydrogen-bond acceptors (Lipinski definition) is 2. The third kappa shape index (κ3) is 4.06. The van der Waals surface area contributed by atoms with E-state index in [9.17, 15) is 0 Å². The first-order valence-electron chi connectivity index (χ1n) is 11.4. The average Bonchev–Trinajstić information content (AvgIpc) is 3.22. The zero-order chi connectivity index (χ0) is 22.6. The highest BCUT2D eigenvalue weighted by atomic mass is 15.1. The van der Waals surface area contributed by atoms with Gasteiger partial charge >= 0.3 is 0 Å². The van der Waals surface area contributed by atoms with E-state index in [2.05, 4.69) is 127 Å². The van der Waals surface area contributed by atoms with Gasteiger partial charge in [-0.3, -0.25) is 0 Å². The Bertz CT molecular complexity index is 1370. The van der Waals surface area contributed by atoms with Crippen LogP contribution in [0.2, 0.25) is 0 Å². The van der Waals surface area contributed by atoms with Crippen molar-refractivity contribution >= 4 is 5.69 Å². The van der Waals surface area contributed by atoms with Crippen molar-refractivity contribution in [1.29, 1.82) is 0 Å². The second-order valence-electron chi connectivity index (χ2n) is 8.08. The quantitative estimate of drug-likeness (QED) is 0.302. The lowest BCUT2D eigenvalue weighted by Gasteiger charge is -2.12. The number of imidazole rings is 1. The first kappa shape index (κ1) is 20.8. The molecule has 0 aliphatic heterocycles. The second-order valence-corrected chi connectivity index (χ2v) is 8.08. The molecule has 0 radical (unpaired) electrons. The van der Waals surface area contributed by atoms with Crippen molar-refractivity contribution in [2.24, 2.45) is 7.05 Å². The summed E-state index contributed by atoms with van der Waals surface area (Å²) in [6.45, 7) is 3.01. The molecule has 0 unspecified atom stereocenters. The molecule has 0 amide bonds. The maximum Gasteiger partial charge on any atom is 0.141 e. The van der Waals surface area contributed by atoms with E-state index in [0.717, 1.165) is 46.1 Å². The van der Waals surface area contributed by atoms with Crippen LogP contribution in [-0.2, 0) is 7.05 Å². The fourth-order valence-electron chi connectivity index (χ4n) is 4.39.